The lowest BCUT2D eigenvalue weighted by atomic mass is 9.47. The molecule has 5 rings (SSSR count). The van der Waals surface area contributed by atoms with Gasteiger partial charge in [0.05, 0.1) is 24.1 Å². The van der Waals surface area contributed by atoms with E-state index in [1.807, 2.05) is 13.0 Å². The lowest BCUT2D eigenvalue weighted by Crippen LogP contribution is -2.61. The molecule has 6 N–H and O–H groups in total. The van der Waals surface area contributed by atoms with Crippen molar-refractivity contribution in [3.05, 3.63) is 23.8 Å². The van der Waals surface area contributed by atoms with Gasteiger partial charge in [0.1, 0.15) is 18.3 Å². The number of allylic oxidation sites excluding steroid dienone is 4. The summed E-state index contributed by atoms with van der Waals surface area (Å²) in [5.41, 5.74) is 0.665. The third-order valence-corrected chi connectivity index (χ3v) is 15.5. The van der Waals surface area contributed by atoms with Gasteiger partial charge in [-0.1, -0.05) is 58.4 Å². The summed E-state index contributed by atoms with van der Waals surface area (Å²) in [5, 5.41) is 24.5. The molecule has 0 aromatic heterocycles. The molecule has 1 amide bonds. The average molecular weight is 858 g/mol. The maximum atomic E-state index is 12.7. The molecule has 0 aromatic carbocycles. The van der Waals surface area contributed by atoms with Crippen LogP contribution in [0.3, 0.4) is 0 Å². The van der Waals surface area contributed by atoms with Crippen LogP contribution in [0, 0.1) is 52.3 Å². The molecule has 16 atom stereocenters. The number of hydrogen-bond acceptors (Lipinski definition) is 13. The van der Waals surface area contributed by atoms with Crippen molar-refractivity contribution in [3.63, 3.8) is 0 Å². The van der Waals surface area contributed by atoms with Gasteiger partial charge in [0.15, 0.2) is 6.29 Å². The summed E-state index contributed by atoms with van der Waals surface area (Å²) in [6.45, 7) is 11.5. The van der Waals surface area contributed by atoms with Gasteiger partial charge in [-0.2, -0.15) is 25.3 Å². The van der Waals surface area contributed by atoms with Crippen molar-refractivity contribution in [1.29, 1.82) is 0 Å². The fourth-order valence-electron chi connectivity index (χ4n) is 10.7. The highest BCUT2D eigenvalue weighted by Gasteiger charge is 2.61. The van der Waals surface area contributed by atoms with Crippen LogP contribution >= 0.6 is 0 Å². The van der Waals surface area contributed by atoms with Gasteiger partial charge in [0.2, 0.25) is 5.91 Å². The number of hydrogen-bond donors (Lipinski definition) is 6. The zero-order valence-corrected chi connectivity index (χ0v) is 35.1. The van der Waals surface area contributed by atoms with Crippen molar-refractivity contribution in [2.45, 2.75) is 129 Å². The Kier molecular flexibility index (Phi) is 13.7. The maximum absolute atomic E-state index is 12.7. The summed E-state index contributed by atoms with van der Waals surface area (Å²) in [6.07, 6.45) is 1.59. The highest BCUT2D eigenvalue weighted by Crippen LogP contribution is 2.67. The fraction of sp³-hybridized carbons (Fsp3) is 0.861. The van der Waals surface area contributed by atoms with E-state index < -0.39 is 90.9 Å². The van der Waals surface area contributed by atoms with Crippen molar-refractivity contribution >= 4 is 36.8 Å². The van der Waals surface area contributed by atoms with E-state index in [0.29, 0.717) is 19.3 Å². The van der Waals surface area contributed by atoms with Crippen LogP contribution in [0.1, 0.15) is 86.5 Å². The molecule has 56 heavy (non-hydrogen) atoms. The van der Waals surface area contributed by atoms with Gasteiger partial charge in [-0.05, 0) is 98.2 Å². The lowest BCUT2D eigenvalue weighted by molar-refractivity contribution is -0.312. The topological polar surface area (TPSA) is 270 Å². The molecule has 3 saturated carbocycles. The number of rotatable bonds is 14. The molecule has 4 fully saturated rings. The van der Waals surface area contributed by atoms with E-state index in [0.717, 1.165) is 19.3 Å². The van der Waals surface area contributed by atoms with Crippen molar-refractivity contribution in [2.75, 3.05) is 12.3 Å². The van der Waals surface area contributed by atoms with E-state index in [9.17, 15) is 49.4 Å². The first kappa shape index (κ1) is 45.5. The van der Waals surface area contributed by atoms with Crippen LogP contribution in [-0.2, 0) is 53.6 Å². The molecule has 17 nitrogen and oxygen atoms in total. The normalized spacial score (nSPS) is 40.8. The molecular formula is C36H59NO16S3. The first-order valence-electron chi connectivity index (χ1n) is 19.3. The second-order valence-electron chi connectivity index (χ2n) is 17.3. The second kappa shape index (κ2) is 16.8. The number of carbonyl (C=O) groups is 1. The van der Waals surface area contributed by atoms with Crippen molar-refractivity contribution in [3.8, 4) is 0 Å². The molecule has 322 valence electrons. The van der Waals surface area contributed by atoms with Crippen LogP contribution in [0.4, 0.5) is 0 Å². The second-order valence-corrected chi connectivity index (χ2v) is 20.9. The molecule has 0 radical (unpaired) electrons. The number of aliphatic hydroxyl groups excluding tert-OH is 2. The number of nitrogens with one attached hydrogen (secondary N) is 1. The largest absolute Gasteiger partial charge is 0.397 e. The Hall–Kier alpha value is -1.56. The summed E-state index contributed by atoms with van der Waals surface area (Å²) in [4.78, 5) is 12.7. The van der Waals surface area contributed by atoms with Crippen molar-refractivity contribution in [1.82, 2.24) is 5.32 Å². The smallest absolute Gasteiger partial charge is 0.387 e. The average Bonchev–Trinajstić information content (AvgIpc) is 3.43. The summed E-state index contributed by atoms with van der Waals surface area (Å²) >= 11 is 0. The van der Waals surface area contributed by atoms with Gasteiger partial charge in [0.25, 0.3) is 10.1 Å². The maximum Gasteiger partial charge on any atom is 0.397 e. The van der Waals surface area contributed by atoms with E-state index in [2.05, 4.69) is 42.4 Å². The lowest BCUT2D eigenvalue weighted by Gasteiger charge is -2.59. The standard InChI is InChI=1S/C36H59NO16S3/c1-19(21(3)33(40)37-15-16-54(41,42)43)7-8-20(2)25-9-10-26-24-18-29(51-34-31(39)30(38)32(22(4)50-34)53-56(47,48)49)28-17-23(52-55(44,45)46)11-13-36(28,6)27(24)12-14-35(25,26)5/h7-8,12,19-26,28-32,34,38-39H,9-11,13-18H2,1-6H3,(H,37,40)(H,41,42,43)(H,44,45,46)(H,47,48,49). The van der Waals surface area contributed by atoms with Crippen LogP contribution in [0.5, 0.6) is 0 Å². The van der Waals surface area contributed by atoms with E-state index in [1.54, 1.807) is 6.92 Å². The Morgan fingerprint density at radius 2 is 1.61 bits per heavy atom. The highest BCUT2D eigenvalue weighted by molar-refractivity contribution is 7.85. The molecule has 1 heterocycles. The van der Waals surface area contributed by atoms with E-state index >= 15 is 0 Å². The zero-order chi connectivity index (χ0) is 41.8. The monoisotopic (exact) mass is 857 g/mol. The number of fused-ring (bicyclic) bond motifs is 5. The zero-order valence-electron chi connectivity index (χ0n) is 32.6. The van der Waals surface area contributed by atoms with Gasteiger partial charge in [-0.25, -0.2) is 8.37 Å². The SMILES string of the molecule is CC(C=CC(C)C1CCC2C3CC(OC4OC(C)C(OS(=O)(=O)O)C(O)C4O)C4CC(OS(=O)(=O)O)CCC4(C)C3=CCC12C)C(C)C(=O)NCCS(=O)(=O)O. The van der Waals surface area contributed by atoms with Gasteiger partial charge in [-0.3, -0.25) is 18.5 Å². The van der Waals surface area contributed by atoms with Crippen LogP contribution in [0.25, 0.3) is 0 Å². The molecule has 4 aliphatic carbocycles. The predicted molar refractivity (Wildman–Crippen MR) is 201 cm³/mol. The molecule has 1 aliphatic heterocycles. The minimum absolute atomic E-state index is 0.0456. The Labute approximate surface area is 330 Å². The fourth-order valence-corrected chi connectivity index (χ4v) is 12.2. The summed E-state index contributed by atoms with van der Waals surface area (Å²) in [7, 11) is -13.9. The quantitative estimate of drug-likeness (QED) is 0.108. The van der Waals surface area contributed by atoms with Crippen LogP contribution in [0.2, 0.25) is 0 Å². The molecule has 16 unspecified atom stereocenters. The number of amides is 1. The highest BCUT2D eigenvalue weighted by atomic mass is 32.3. The first-order chi connectivity index (χ1) is 25.7. The minimum atomic E-state index is -4.99. The van der Waals surface area contributed by atoms with Crippen molar-refractivity contribution in [2.24, 2.45) is 52.3 Å². The Morgan fingerprint density at radius 3 is 2.23 bits per heavy atom. The van der Waals surface area contributed by atoms with Crippen molar-refractivity contribution < 1.29 is 71.8 Å². The molecule has 0 bridgehead atoms. The molecular weight excluding hydrogens is 799 g/mol. The molecule has 0 spiro atoms. The minimum Gasteiger partial charge on any atom is -0.387 e. The third-order valence-electron chi connectivity index (χ3n) is 13.8. The number of ether oxygens (including phenoxy) is 2. The van der Waals surface area contributed by atoms with E-state index in [4.69, 9.17) is 18.2 Å². The van der Waals surface area contributed by atoms with E-state index in [-0.39, 0.29) is 59.8 Å². The van der Waals surface area contributed by atoms with E-state index in [1.165, 1.54) is 12.5 Å². The first-order valence-corrected chi connectivity index (χ1v) is 23.7. The third kappa shape index (κ3) is 10.1. The van der Waals surface area contributed by atoms with Crippen LogP contribution in [-0.4, -0.2) is 110 Å². The summed E-state index contributed by atoms with van der Waals surface area (Å²) in [5.74, 6) is -1.08. The van der Waals surface area contributed by atoms with Gasteiger partial charge in [0, 0.05) is 12.5 Å². The molecule has 0 aromatic rings. The van der Waals surface area contributed by atoms with Gasteiger partial charge >= 0.3 is 20.8 Å². The van der Waals surface area contributed by atoms with Gasteiger partial charge in [-0.15, -0.1) is 0 Å². The Morgan fingerprint density at radius 1 is 0.946 bits per heavy atom. The number of carbonyl (C=O) groups excluding carboxylic acids is 1. The Bertz CT molecular complexity index is 1840. The molecule has 20 heteroatoms. The molecule has 5 aliphatic rings. The predicted octanol–water partition coefficient (Wildman–Crippen LogP) is 2.87. The van der Waals surface area contributed by atoms with Crippen LogP contribution in [0.15, 0.2) is 23.8 Å². The van der Waals surface area contributed by atoms with Crippen LogP contribution < -0.4 is 5.32 Å². The Balaban J connectivity index is 1.36. The summed E-state index contributed by atoms with van der Waals surface area (Å²) in [6, 6.07) is 0. The summed E-state index contributed by atoms with van der Waals surface area (Å²) < 4.78 is 118. The number of aliphatic hydroxyl groups is 2. The van der Waals surface area contributed by atoms with Gasteiger partial charge < -0.3 is 25.0 Å². The molecule has 1 saturated heterocycles.